The van der Waals surface area contributed by atoms with Crippen molar-refractivity contribution in [2.24, 2.45) is 0 Å². The van der Waals surface area contributed by atoms with Crippen LogP contribution in [0.25, 0.3) is 0 Å². The fourth-order valence-corrected chi connectivity index (χ4v) is 2.56. The highest BCUT2D eigenvalue weighted by molar-refractivity contribution is 9.10. The first-order valence-electron chi connectivity index (χ1n) is 5.76. The van der Waals surface area contributed by atoms with E-state index in [9.17, 15) is 5.11 Å². The van der Waals surface area contributed by atoms with Crippen molar-refractivity contribution in [3.05, 3.63) is 68.7 Å². The lowest BCUT2D eigenvalue weighted by Gasteiger charge is -2.15. The van der Waals surface area contributed by atoms with Crippen molar-refractivity contribution in [1.82, 2.24) is 0 Å². The normalized spacial score (nSPS) is 12.4. The molecule has 0 fully saturated rings. The number of benzene rings is 2. The summed E-state index contributed by atoms with van der Waals surface area (Å²) in [6.07, 6.45) is -0.0147. The molecule has 0 aliphatic rings. The van der Waals surface area contributed by atoms with Crippen LogP contribution in [-0.4, -0.2) is 5.11 Å². The van der Waals surface area contributed by atoms with Gasteiger partial charge in [-0.2, -0.15) is 0 Å². The number of aliphatic hydroxyl groups excluding tert-OH is 1. The van der Waals surface area contributed by atoms with Crippen molar-refractivity contribution in [3.8, 4) is 0 Å². The minimum atomic E-state index is -0.539. The molecular formula is C15H14BrClO. The van der Waals surface area contributed by atoms with Crippen molar-refractivity contribution in [2.45, 2.75) is 19.4 Å². The Balaban J connectivity index is 2.25. The van der Waals surface area contributed by atoms with Gasteiger partial charge >= 0.3 is 0 Å². The molecule has 0 radical (unpaired) electrons. The van der Waals surface area contributed by atoms with E-state index in [2.05, 4.69) is 15.9 Å². The molecular weight excluding hydrogens is 312 g/mol. The highest BCUT2D eigenvalue weighted by atomic mass is 79.9. The van der Waals surface area contributed by atoms with Gasteiger partial charge in [-0.1, -0.05) is 57.9 Å². The molecule has 1 N–H and O–H groups in total. The molecule has 0 bridgehead atoms. The predicted molar refractivity (Wildman–Crippen MR) is 79.0 cm³/mol. The molecule has 0 saturated heterocycles. The standard InChI is InChI=1S/C15H14BrClO/c1-10-12(6-4-7-13(10)16)15(18)9-11-5-2-3-8-14(11)17/h2-8,15,18H,9H2,1H3. The first-order valence-corrected chi connectivity index (χ1v) is 6.93. The second kappa shape index (κ2) is 5.87. The van der Waals surface area contributed by atoms with Gasteiger partial charge in [-0.15, -0.1) is 0 Å². The summed E-state index contributed by atoms with van der Waals surface area (Å²) in [6.45, 7) is 2.00. The SMILES string of the molecule is Cc1c(Br)cccc1C(O)Cc1ccccc1Cl. The van der Waals surface area contributed by atoms with Gasteiger partial charge in [0, 0.05) is 15.9 Å². The Morgan fingerprint density at radius 2 is 1.89 bits per heavy atom. The highest BCUT2D eigenvalue weighted by Gasteiger charge is 2.13. The van der Waals surface area contributed by atoms with Gasteiger partial charge < -0.3 is 5.11 Å². The molecule has 0 heterocycles. The van der Waals surface area contributed by atoms with Crippen molar-refractivity contribution < 1.29 is 5.11 Å². The maximum absolute atomic E-state index is 10.3. The van der Waals surface area contributed by atoms with Gasteiger partial charge in [-0.05, 0) is 35.7 Å². The summed E-state index contributed by atoms with van der Waals surface area (Å²) in [5.74, 6) is 0. The highest BCUT2D eigenvalue weighted by Crippen LogP contribution is 2.28. The molecule has 0 spiro atoms. The average molecular weight is 326 g/mol. The third kappa shape index (κ3) is 2.94. The third-order valence-electron chi connectivity index (χ3n) is 3.04. The number of hydrogen-bond acceptors (Lipinski definition) is 1. The monoisotopic (exact) mass is 324 g/mol. The van der Waals surface area contributed by atoms with E-state index in [1.54, 1.807) is 0 Å². The molecule has 1 nitrogen and oxygen atoms in total. The van der Waals surface area contributed by atoms with Crippen LogP contribution in [0.5, 0.6) is 0 Å². The zero-order chi connectivity index (χ0) is 13.1. The van der Waals surface area contributed by atoms with E-state index in [1.807, 2.05) is 49.4 Å². The molecule has 1 atom stereocenters. The van der Waals surface area contributed by atoms with Crippen molar-refractivity contribution in [3.63, 3.8) is 0 Å². The molecule has 2 aromatic rings. The van der Waals surface area contributed by atoms with Crippen LogP contribution in [0.4, 0.5) is 0 Å². The summed E-state index contributed by atoms with van der Waals surface area (Å²) in [4.78, 5) is 0. The van der Waals surface area contributed by atoms with Gasteiger partial charge in [0.05, 0.1) is 6.10 Å². The van der Waals surface area contributed by atoms with Gasteiger partial charge in [0.2, 0.25) is 0 Å². The van der Waals surface area contributed by atoms with Crippen LogP contribution in [0, 0.1) is 6.92 Å². The number of aliphatic hydroxyl groups is 1. The van der Waals surface area contributed by atoms with E-state index >= 15 is 0 Å². The molecule has 0 saturated carbocycles. The van der Waals surface area contributed by atoms with Crippen LogP contribution < -0.4 is 0 Å². The van der Waals surface area contributed by atoms with E-state index in [0.717, 1.165) is 21.2 Å². The zero-order valence-electron chi connectivity index (χ0n) is 10.0. The maximum Gasteiger partial charge on any atom is 0.0833 e. The van der Waals surface area contributed by atoms with Gasteiger partial charge in [-0.3, -0.25) is 0 Å². The summed E-state index contributed by atoms with van der Waals surface area (Å²) in [6, 6.07) is 13.5. The lowest BCUT2D eigenvalue weighted by Crippen LogP contribution is -2.04. The van der Waals surface area contributed by atoms with E-state index in [-0.39, 0.29) is 0 Å². The van der Waals surface area contributed by atoms with Gasteiger partial charge in [0.25, 0.3) is 0 Å². The Labute approximate surface area is 121 Å². The molecule has 3 heteroatoms. The van der Waals surface area contributed by atoms with E-state index in [1.165, 1.54) is 0 Å². The number of hydrogen-bond donors (Lipinski definition) is 1. The molecule has 0 aliphatic heterocycles. The zero-order valence-corrected chi connectivity index (χ0v) is 12.4. The molecule has 0 amide bonds. The average Bonchev–Trinajstić information content (AvgIpc) is 2.35. The Bertz CT molecular complexity index is 554. The van der Waals surface area contributed by atoms with Crippen LogP contribution in [-0.2, 0) is 6.42 Å². The first kappa shape index (κ1) is 13.6. The Hall–Kier alpha value is -0.830. The summed E-state index contributed by atoms with van der Waals surface area (Å²) in [5, 5.41) is 11.0. The maximum atomic E-state index is 10.3. The topological polar surface area (TPSA) is 20.2 Å². The summed E-state index contributed by atoms with van der Waals surface area (Å²) < 4.78 is 1.01. The fourth-order valence-electron chi connectivity index (χ4n) is 1.97. The Kier molecular flexibility index (Phi) is 4.44. The van der Waals surface area contributed by atoms with E-state index < -0.39 is 6.10 Å². The fraction of sp³-hybridized carbons (Fsp3) is 0.200. The van der Waals surface area contributed by atoms with Crippen LogP contribution in [0.15, 0.2) is 46.9 Å². The van der Waals surface area contributed by atoms with Crippen molar-refractivity contribution >= 4 is 27.5 Å². The van der Waals surface area contributed by atoms with Gasteiger partial charge in [0.15, 0.2) is 0 Å². The van der Waals surface area contributed by atoms with Crippen LogP contribution in [0.2, 0.25) is 5.02 Å². The van der Waals surface area contributed by atoms with Crippen molar-refractivity contribution in [1.29, 1.82) is 0 Å². The van der Waals surface area contributed by atoms with Gasteiger partial charge in [0.1, 0.15) is 0 Å². The lowest BCUT2D eigenvalue weighted by atomic mass is 9.98. The minimum absolute atomic E-state index is 0.525. The number of rotatable bonds is 3. The molecule has 1 unspecified atom stereocenters. The van der Waals surface area contributed by atoms with Crippen LogP contribution >= 0.6 is 27.5 Å². The molecule has 2 rings (SSSR count). The summed E-state index contributed by atoms with van der Waals surface area (Å²) in [5.41, 5.74) is 2.97. The summed E-state index contributed by atoms with van der Waals surface area (Å²) >= 11 is 9.58. The van der Waals surface area contributed by atoms with Gasteiger partial charge in [-0.25, -0.2) is 0 Å². The van der Waals surface area contributed by atoms with E-state index in [0.29, 0.717) is 11.4 Å². The first-order chi connectivity index (χ1) is 8.59. The minimum Gasteiger partial charge on any atom is -0.388 e. The van der Waals surface area contributed by atoms with E-state index in [4.69, 9.17) is 11.6 Å². The van der Waals surface area contributed by atoms with Crippen LogP contribution in [0.3, 0.4) is 0 Å². The predicted octanol–water partition coefficient (Wildman–Crippen LogP) is 4.69. The van der Waals surface area contributed by atoms with Crippen molar-refractivity contribution in [2.75, 3.05) is 0 Å². The second-order valence-corrected chi connectivity index (χ2v) is 5.53. The molecule has 2 aromatic carbocycles. The Morgan fingerprint density at radius 1 is 1.17 bits per heavy atom. The molecule has 94 valence electrons. The second-order valence-electron chi connectivity index (χ2n) is 4.27. The number of halogens is 2. The molecule has 18 heavy (non-hydrogen) atoms. The van der Waals surface area contributed by atoms with Crippen LogP contribution in [0.1, 0.15) is 22.8 Å². The quantitative estimate of drug-likeness (QED) is 0.868. The third-order valence-corrected chi connectivity index (χ3v) is 4.27. The summed E-state index contributed by atoms with van der Waals surface area (Å²) in [7, 11) is 0. The molecule has 0 aromatic heterocycles. The largest absolute Gasteiger partial charge is 0.388 e. The molecule has 0 aliphatic carbocycles. The lowest BCUT2D eigenvalue weighted by molar-refractivity contribution is 0.177. The smallest absolute Gasteiger partial charge is 0.0833 e. The Morgan fingerprint density at radius 3 is 2.61 bits per heavy atom.